The molecule has 0 atom stereocenters. The number of halogens is 3. The number of alkyl halides is 3. The van der Waals surface area contributed by atoms with Crippen LogP contribution in [0.5, 0.6) is 0 Å². The summed E-state index contributed by atoms with van der Waals surface area (Å²) in [5.74, 6) is -0.369. The van der Waals surface area contributed by atoms with Gasteiger partial charge in [-0.15, -0.1) is 0 Å². The third kappa shape index (κ3) is 3.81. The molecule has 132 valence electrons. The van der Waals surface area contributed by atoms with Gasteiger partial charge in [-0.05, 0) is 24.5 Å². The molecule has 1 fully saturated rings. The topological polar surface area (TPSA) is 54.9 Å². The lowest BCUT2D eigenvalue weighted by molar-refractivity contribution is -0.137. The Hall–Kier alpha value is -2.44. The summed E-state index contributed by atoms with van der Waals surface area (Å²) in [7, 11) is 0. The molecule has 1 aliphatic carbocycles. The third-order valence-corrected chi connectivity index (χ3v) is 4.75. The highest BCUT2D eigenvalue weighted by Crippen LogP contribution is 2.42. The van der Waals surface area contributed by atoms with Crippen LogP contribution in [0.15, 0.2) is 42.9 Å². The fourth-order valence-corrected chi connectivity index (χ4v) is 3.40. The molecule has 0 spiro atoms. The first-order valence-electron chi connectivity index (χ1n) is 8.13. The molecule has 1 aromatic heterocycles. The number of hydrogen-bond acceptors (Lipinski definition) is 3. The van der Waals surface area contributed by atoms with E-state index in [1.165, 1.54) is 30.7 Å². The van der Waals surface area contributed by atoms with E-state index in [2.05, 4.69) is 15.3 Å². The lowest BCUT2D eigenvalue weighted by Crippen LogP contribution is -2.39. The Kier molecular flexibility index (Phi) is 4.74. The van der Waals surface area contributed by atoms with E-state index in [4.69, 9.17) is 0 Å². The van der Waals surface area contributed by atoms with Crippen molar-refractivity contribution in [3.05, 3.63) is 59.7 Å². The lowest BCUT2D eigenvalue weighted by atomic mass is 9.78. The summed E-state index contributed by atoms with van der Waals surface area (Å²) < 4.78 is 39.1. The van der Waals surface area contributed by atoms with E-state index in [-0.39, 0.29) is 18.1 Å². The first-order chi connectivity index (χ1) is 11.9. The molecular weight excluding hydrogens is 331 g/mol. The zero-order chi connectivity index (χ0) is 17.9. The Labute approximate surface area is 143 Å². The fourth-order valence-electron chi connectivity index (χ4n) is 3.40. The van der Waals surface area contributed by atoms with Crippen LogP contribution in [-0.4, -0.2) is 22.4 Å². The molecule has 7 heteroatoms. The van der Waals surface area contributed by atoms with Gasteiger partial charge in [-0.2, -0.15) is 13.2 Å². The molecule has 1 amide bonds. The van der Waals surface area contributed by atoms with Crippen molar-refractivity contribution in [2.75, 3.05) is 6.54 Å². The van der Waals surface area contributed by atoms with Crippen molar-refractivity contribution in [2.45, 2.75) is 37.3 Å². The molecule has 0 radical (unpaired) electrons. The zero-order valence-corrected chi connectivity index (χ0v) is 13.5. The molecule has 2 aromatic rings. The minimum atomic E-state index is -4.38. The van der Waals surface area contributed by atoms with Crippen LogP contribution in [0, 0.1) is 0 Å². The minimum absolute atomic E-state index is 0.194. The Balaban J connectivity index is 1.82. The molecule has 25 heavy (non-hydrogen) atoms. The molecule has 1 heterocycles. The summed E-state index contributed by atoms with van der Waals surface area (Å²) in [5, 5.41) is 2.82. The number of nitrogens with zero attached hydrogens (tertiary/aromatic N) is 2. The van der Waals surface area contributed by atoms with Crippen LogP contribution in [-0.2, 0) is 11.6 Å². The quantitative estimate of drug-likeness (QED) is 0.915. The number of rotatable bonds is 4. The van der Waals surface area contributed by atoms with Crippen LogP contribution in [0.3, 0.4) is 0 Å². The molecular formula is C18H18F3N3O. The normalized spacial score (nSPS) is 16.6. The second kappa shape index (κ2) is 6.82. The number of nitrogens with one attached hydrogen (secondary N) is 1. The summed E-state index contributed by atoms with van der Waals surface area (Å²) in [4.78, 5) is 20.0. The van der Waals surface area contributed by atoms with Gasteiger partial charge >= 0.3 is 6.18 Å². The Morgan fingerprint density at radius 3 is 2.60 bits per heavy atom. The number of amides is 1. The third-order valence-electron chi connectivity index (χ3n) is 4.75. The van der Waals surface area contributed by atoms with Gasteiger partial charge in [0, 0.05) is 24.4 Å². The van der Waals surface area contributed by atoms with Crippen LogP contribution in [0.2, 0.25) is 0 Å². The van der Waals surface area contributed by atoms with Gasteiger partial charge in [0.05, 0.1) is 11.8 Å². The highest BCUT2D eigenvalue weighted by molar-refractivity contribution is 5.91. The number of hydrogen-bond donors (Lipinski definition) is 1. The summed E-state index contributed by atoms with van der Waals surface area (Å²) in [5.41, 5.74) is -0.311. The molecule has 1 N–H and O–H groups in total. The number of carbonyl (C=O) groups excluding carboxylic acids is 1. The monoisotopic (exact) mass is 349 g/mol. The van der Waals surface area contributed by atoms with E-state index >= 15 is 0 Å². The van der Waals surface area contributed by atoms with Gasteiger partial charge in [0.25, 0.3) is 5.91 Å². The largest absolute Gasteiger partial charge is 0.416 e. The Morgan fingerprint density at radius 2 is 1.96 bits per heavy atom. The van der Waals surface area contributed by atoms with Gasteiger partial charge < -0.3 is 5.32 Å². The van der Waals surface area contributed by atoms with Crippen molar-refractivity contribution in [1.29, 1.82) is 0 Å². The highest BCUT2D eigenvalue weighted by atomic mass is 19.4. The maximum atomic E-state index is 13.0. The van der Waals surface area contributed by atoms with Gasteiger partial charge in [0.2, 0.25) is 0 Å². The van der Waals surface area contributed by atoms with Crippen LogP contribution in [0.4, 0.5) is 13.2 Å². The first-order valence-corrected chi connectivity index (χ1v) is 8.13. The van der Waals surface area contributed by atoms with Gasteiger partial charge in [0.15, 0.2) is 0 Å². The first kappa shape index (κ1) is 17.4. The van der Waals surface area contributed by atoms with Crippen molar-refractivity contribution < 1.29 is 18.0 Å². The highest BCUT2D eigenvalue weighted by Gasteiger charge is 2.38. The van der Waals surface area contributed by atoms with Gasteiger partial charge in [-0.3, -0.25) is 9.78 Å². The molecule has 0 saturated heterocycles. The summed E-state index contributed by atoms with van der Waals surface area (Å²) in [6.45, 7) is 0.281. The molecule has 0 unspecified atom stereocenters. The van der Waals surface area contributed by atoms with Crippen molar-refractivity contribution in [1.82, 2.24) is 15.3 Å². The Morgan fingerprint density at radius 1 is 1.20 bits per heavy atom. The smallest absolute Gasteiger partial charge is 0.350 e. The van der Waals surface area contributed by atoms with Crippen molar-refractivity contribution >= 4 is 5.91 Å². The molecule has 4 nitrogen and oxygen atoms in total. The predicted molar refractivity (Wildman–Crippen MR) is 86.0 cm³/mol. The van der Waals surface area contributed by atoms with Gasteiger partial charge in [0.1, 0.15) is 5.69 Å². The second-order valence-electron chi connectivity index (χ2n) is 6.34. The van der Waals surface area contributed by atoms with Crippen LogP contribution < -0.4 is 5.32 Å². The van der Waals surface area contributed by atoms with E-state index in [1.54, 1.807) is 6.07 Å². The van der Waals surface area contributed by atoms with Crippen molar-refractivity contribution in [2.24, 2.45) is 0 Å². The maximum absolute atomic E-state index is 13.0. The predicted octanol–water partition coefficient (Wildman–Crippen LogP) is 3.74. The standard InChI is InChI=1S/C18H18F3N3O/c19-18(20,21)14-5-3-4-13(10-14)17(6-1-2-7-17)12-24-16(25)15-11-22-8-9-23-15/h3-5,8-11H,1-2,6-7,12H2,(H,24,25). The summed E-state index contributed by atoms with van der Waals surface area (Å²) in [6.07, 6.45) is 3.23. The van der Waals surface area contributed by atoms with Gasteiger partial charge in [-0.1, -0.05) is 31.0 Å². The maximum Gasteiger partial charge on any atom is 0.416 e. The van der Waals surface area contributed by atoms with E-state index in [0.717, 1.165) is 31.7 Å². The minimum Gasteiger partial charge on any atom is -0.350 e. The lowest BCUT2D eigenvalue weighted by Gasteiger charge is -2.30. The van der Waals surface area contributed by atoms with E-state index in [1.807, 2.05) is 0 Å². The zero-order valence-electron chi connectivity index (χ0n) is 13.5. The molecule has 3 rings (SSSR count). The summed E-state index contributed by atoms with van der Waals surface area (Å²) in [6, 6.07) is 5.43. The molecule has 0 aliphatic heterocycles. The van der Waals surface area contributed by atoms with E-state index in [9.17, 15) is 18.0 Å². The average Bonchev–Trinajstić information content (AvgIpc) is 3.10. The van der Waals surface area contributed by atoms with Crippen LogP contribution in [0.25, 0.3) is 0 Å². The van der Waals surface area contributed by atoms with Crippen molar-refractivity contribution in [3.8, 4) is 0 Å². The Bertz CT molecular complexity index is 741. The molecule has 1 saturated carbocycles. The number of carbonyl (C=O) groups is 1. The average molecular weight is 349 g/mol. The number of aromatic nitrogens is 2. The number of benzene rings is 1. The molecule has 0 bridgehead atoms. The SMILES string of the molecule is O=C(NCC1(c2cccc(C(F)(F)F)c2)CCCC1)c1cnccn1. The van der Waals surface area contributed by atoms with Crippen molar-refractivity contribution in [3.63, 3.8) is 0 Å². The fraction of sp³-hybridized carbons (Fsp3) is 0.389. The van der Waals surface area contributed by atoms with E-state index in [0.29, 0.717) is 5.56 Å². The van der Waals surface area contributed by atoms with Crippen LogP contribution >= 0.6 is 0 Å². The van der Waals surface area contributed by atoms with Gasteiger partial charge in [-0.25, -0.2) is 4.98 Å². The molecule has 1 aliphatic rings. The second-order valence-corrected chi connectivity index (χ2v) is 6.34. The van der Waals surface area contributed by atoms with Crippen LogP contribution in [0.1, 0.15) is 47.3 Å². The summed E-state index contributed by atoms with van der Waals surface area (Å²) >= 11 is 0. The van der Waals surface area contributed by atoms with E-state index < -0.39 is 17.2 Å². The molecule has 1 aromatic carbocycles.